The number of carbonyl (C=O) groups is 1. The molecule has 0 amide bonds. The van der Waals surface area contributed by atoms with Crippen molar-refractivity contribution in [3.05, 3.63) is 0 Å². The lowest BCUT2D eigenvalue weighted by Gasteiger charge is -2.32. The Morgan fingerprint density at radius 3 is 2.42 bits per heavy atom. The van der Waals surface area contributed by atoms with Crippen LogP contribution in [0.15, 0.2) is 0 Å². The molecule has 2 aliphatic rings. The maximum atomic E-state index is 11.0. The molecule has 0 radical (unpaired) electrons. The van der Waals surface area contributed by atoms with E-state index in [2.05, 4.69) is 13.8 Å². The van der Waals surface area contributed by atoms with Crippen LogP contribution in [-0.2, 0) is 4.79 Å². The second-order valence-electron chi connectivity index (χ2n) is 4.91. The predicted molar refractivity (Wildman–Crippen MR) is 45.6 cm³/mol. The molecule has 0 aromatic carbocycles. The molecule has 0 aromatic rings. The Kier molecular flexibility index (Phi) is 1.45. The Balaban J connectivity index is 2.42. The van der Waals surface area contributed by atoms with Gasteiger partial charge in [0.15, 0.2) is 0 Å². The molecule has 2 rings (SSSR count). The molecule has 2 aliphatic carbocycles. The van der Waals surface area contributed by atoms with Crippen molar-refractivity contribution in [3.63, 3.8) is 0 Å². The molecule has 2 heteroatoms. The van der Waals surface area contributed by atoms with Crippen LogP contribution in [0.3, 0.4) is 0 Å². The average molecular weight is 168 g/mol. The summed E-state index contributed by atoms with van der Waals surface area (Å²) < 4.78 is 0. The highest BCUT2D eigenvalue weighted by atomic mass is 16.3. The van der Waals surface area contributed by atoms with Gasteiger partial charge >= 0.3 is 0 Å². The van der Waals surface area contributed by atoms with Crippen molar-refractivity contribution in [1.82, 2.24) is 0 Å². The number of aliphatic hydroxyl groups is 1. The number of rotatable bonds is 1. The van der Waals surface area contributed by atoms with Gasteiger partial charge in [-0.25, -0.2) is 0 Å². The minimum Gasteiger partial charge on any atom is -0.393 e. The van der Waals surface area contributed by atoms with Crippen LogP contribution in [0.5, 0.6) is 0 Å². The van der Waals surface area contributed by atoms with E-state index in [0.29, 0.717) is 12.3 Å². The second-order valence-corrected chi connectivity index (χ2v) is 4.91. The van der Waals surface area contributed by atoms with Gasteiger partial charge in [0.05, 0.1) is 6.10 Å². The Morgan fingerprint density at radius 2 is 2.17 bits per heavy atom. The molecular weight excluding hydrogens is 152 g/mol. The quantitative estimate of drug-likeness (QED) is 0.600. The Hall–Kier alpha value is -0.370. The van der Waals surface area contributed by atoms with E-state index in [4.69, 9.17) is 0 Å². The topological polar surface area (TPSA) is 37.3 Å². The molecule has 68 valence electrons. The van der Waals surface area contributed by atoms with Gasteiger partial charge in [0.2, 0.25) is 0 Å². The van der Waals surface area contributed by atoms with Crippen molar-refractivity contribution in [2.45, 2.75) is 39.2 Å². The van der Waals surface area contributed by atoms with E-state index < -0.39 is 0 Å². The summed E-state index contributed by atoms with van der Waals surface area (Å²) in [6.45, 7) is 4.24. The fraction of sp³-hybridized carbons (Fsp3) is 0.900. The monoisotopic (exact) mass is 168 g/mol. The van der Waals surface area contributed by atoms with Crippen LogP contribution in [0.25, 0.3) is 0 Å². The molecule has 3 atom stereocenters. The van der Waals surface area contributed by atoms with Crippen molar-refractivity contribution >= 4 is 6.29 Å². The van der Waals surface area contributed by atoms with Gasteiger partial charge in [-0.2, -0.15) is 0 Å². The molecule has 2 bridgehead atoms. The van der Waals surface area contributed by atoms with Gasteiger partial charge in [-0.3, -0.25) is 0 Å². The van der Waals surface area contributed by atoms with Crippen LogP contribution in [0.2, 0.25) is 0 Å². The third-order valence-electron chi connectivity index (χ3n) is 4.38. The largest absolute Gasteiger partial charge is 0.393 e. The van der Waals surface area contributed by atoms with Gasteiger partial charge in [-0.05, 0) is 30.6 Å². The molecule has 0 spiro atoms. The second kappa shape index (κ2) is 2.11. The fourth-order valence-electron chi connectivity index (χ4n) is 3.28. The molecule has 0 saturated heterocycles. The number of aliphatic hydroxyl groups excluding tert-OH is 1. The van der Waals surface area contributed by atoms with Gasteiger partial charge in [0, 0.05) is 5.41 Å². The molecule has 12 heavy (non-hydrogen) atoms. The molecule has 2 nitrogen and oxygen atoms in total. The lowest BCUT2D eigenvalue weighted by molar-refractivity contribution is -0.120. The van der Waals surface area contributed by atoms with E-state index in [9.17, 15) is 9.90 Å². The van der Waals surface area contributed by atoms with Gasteiger partial charge in [-0.15, -0.1) is 0 Å². The lowest BCUT2D eigenvalue weighted by atomic mass is 9.70. The molecule has 0 aromatic heterocycles. The highest BCUT2D eigenvalue weighted by molar-refractivity contribution is 5.63. The zero-order valence-electron chi connectivity index (χ0n) is 7.71. The molecule has 2 fully saturated rings. The zero-order valence-corrected chi connectivity index (χ0v) is 7.71. The van der Waals surface area contributed by atoms with Crippen LogP contribution in [-0.4, -0.2) is 17.5 Å². The minimum atomic E-state index is -0.237. The SMILES string of the molecule is CC1(C)C2CCC1(C=O)CC2O. The smallest absolute Gasteiger partial charge is 0.126 e. The summed E-state index contributed by atoms with van der Waals surface area (Å²) in [7, 11) is 0. The summed E-state index contributed by atoms with van der Waals surface area (Å²) in [4.78, 5) is 11.0. The van der Waals surface area contributed by atoms with Crippen LogP contribution < -0.4 is 0 Å². The number of fused-ring (bicyclic) bond motifs is 2. The van der Waals surface area contributed by atoms with Gasteiger partial charge in [-0.1, -0.05) is 13.8 Å². The molecule has 1 N–H and O–H groups in total. The van der Waals surface area contributed by atoms with Crippen molar-refractivity contribution < 1.29 is 9.90 Å². The summed E-state index contributed by atoms with van der Waals surface area (Å²) in [6.07, 6.45) is 3.54. The van der Waals surface area contributed by atoms with Gasteiger partial charge in [0.25, 0.3) is 0 Å². The number of carbonyl (C=O) groups excluding carboxylic acids is 1. The third kappa shape index (κ3) is 0.674. The Labute approximate surface area is 73.0 Å². The summed E-state index contributed by atoms with van der Waals surface area (Å²) in [5.41, 5.74) is -0.189. The van der Waals surface area contributed by atoms with Crippen molar-refractivity contribution in [1.29, 1.82) is 0 Å². The van der Waals surface area contributed by atoms with Crippen LogP contribution in [0.1, 0.15) is 33.1 Å². The first-order valence-electron chi connectivity index (χ1n) is 4.68. The first-order chi connectivity index (χ1) is 5.53. The Morgan fingerprint density at radius 1 is 1.50 bits per heavy atom. The first kappa shape index (κ1) is 8.24. The van der Waals surface area contributed by atoms with Gasteiger partial charge < -0.3 is 9.90 Å². The van der Waals surface area contributed by atoms with Crippen molar-refractivity contribution in [3.8, 4) is 0 Å². The van der Waals surface area contributed by atoms with E-state index in [1.165, 1.54) is 0 Å². The molecule has 0 aliphatic heterocycles. The summed E-state index contributed by atoms with van der Waals surface area (Å²) in [6, 6.07) is 0. The highest BCUT2D eigenvalue weighted by Crippen LogP contribution is 2.64. The fourth-order valence-corrected chi connectivity index (χ4v) is 3.28. The van der Waals surface area contributed by atoms with Crippen LogP contribution in [0, 0.1) is 16.7 Å². The zero-order chi connectivity index (χ0) is 8.98. The maximum Gasteiger partial charge on any atom is 0.126 e. The molecule has 0 heterocycles. The van der Waals surface area contributed by atoms with Crippen LogP contribution >= 0.6 is 0 Å². The van der Waals surface area contributed by atoms with Crippen molar-refractivity contribution in [2.24, 2.45) is 16.7 Å². The molecular formula is C10H16O2. The normalized spacial score (nSPS) is 49.6. The van der Waals surface area contributed by atoms with Crippen LogP contribution in [0.4, 0.5) is 0 Å². The minimum absolute atomic E-state index is 0.0220. The standard InChI is InChI=1S/C10H16O2/c1-9(2)7-3-4-10(9,6-11)5-8(7)12/h6-8,12H,3-5H2,1-2H3. The van der Waals surface area contributed by atoms with E-state index >= 15 is 0 Å². The lowest BCUT2D eigenvalue weighted by Crippen LogP contribution is -2.31. The summed E-state index contributed by atoms with van der Waals surface area (Å²) in [5.74, 6) is 0.350. The summed E-state index contributed by atoms with van der Waals surface area (Å²) >= 11 is 0. The third-order valence-corrected chi connectivity index (χ3v) is 4.38. The predicted octanol–water partition coefficient (Wildman–Crippen LogP) is 1.37. The maximum absolute atomic E-state index is 11.0. The number of hydrogen-bond donors (Lipinski definition) is 1. The van der Waals surface area contributed by atoms with E-state index in [1.807, 2.05) is 0 Å². The highest BCUT2D eigenvalue weighted by Gasteiger charge is 2.62. The first-order valence-corrected chi connectivity index (χ1v) is 4.68. The molecule has 3 unspecified atom stereocenters. The summed E-state index contributed by atoms with van der Waals surface area (Å²) in [5, 5.41) is 9.69. The van der Waals surface area contributed by atoms with Crippen molar-refractivity contribution in [2.75, 3.05) is 0 Å². The van der Waals surface area contributed by atoms with E-state index in [0.717, 1.165) is 19.1 Å². The number of aldehydes is 1. The van der Waals surface area contributed by atoms with Gasteiger partial charge in [0.1, 0.15) is 6.29 Å². The molecule has 2 saturated carbocycles. The average Bonchev–Trinajstić information content (AvgIpc) is 2.35. The number of hydrogen-bond acceptors (Lipinski definition) is 2. The van der Waals surface area contributed by atoms with E-state index in [1.54, 1.807) is 0 Å². The van der Waals surface area contributed by atoms with E-state index in [-0.39, 0.29) is 16.9 Å². The Bertz CT molecular complexity index is 222.